The average molecular weight is 242 g/mol. The van der Waals surface area contributed by atoms with Gasteiger partial charge in [-0.05, 0) is 33.6 Å². The maximum absolute atomic E-state index is 12.0. The highest BCUT2D eigenvalue weighted by Crippen LogP contribution is 2.29. The van der Waals surface area contributed by atoms with Gasteiger partial charge in [-0.2, -0.15) is 0 Å². The van der Waals surface area contributed by atoms with Crippen molar-refractivity contribution in [1.82, 2.24) is 10.2 Å². The first-order chi connectivity index (χ1) is 7.38. The van der Waals surface area contributed by atoms with E-state index in [1.54, 1.807) is 0 Å². The highest BCUT2D eigenvalue weighted by Gasteiger charge is 2.44. The maximum Gasteiger partial charge on any atom is 0.411 e. The van der Waals surface area contributed by atoms with Crippen molar-refractivity contribution in [2.24, 2.45) is 0 Å². The summed E-state index contributed by atoms with van der Waals surface area (Å²) in [6.07, 6.45) is 1.73. The third kappa shape index (κ3) is 2.14. The topological polar surface area (TPSA) is 41.6 Å². The third-order valence-corrected chi connectivity index (χ3v) is 3.34. The monoisotopic (exact) mass is 242 g/mol. The van der Waals surface area contributed by atoms with E-state index in [1.165, 1.54) is 0 Å². The van der Waals surface area contributed by atoms with Crippen molar-refractivity contribution in [2.75, 3.05) is 6.54 Å². The lowest BCUT2D eigenvalue weighted by Gasteiger charge is -2.36. The van der Waals surface area contributed by atoms with Gasteiger partial charge in [-0.3, -0.25) is 4.90 Å². The maximum atomic E-state index is 12.0. The van der Waals surface area contributed by atoms with Crippen molar-refractivity contribution in [2.45, 2.75) is 51.3 Å². The summed E-state index contributed by atoms with van der Waals surface area (Å²) in [6, 6.07) is 0.287. The smallest absolute Gasteiger partial charge is 0.411 e. The van der Waals surface area contributed by atoms with E-state index in [9.17, 15) is 4.79 Å². The second-order valence-electron chi connectivity index (χ2n) is 5.38. The number of thiocarbonyl (C=S) groups is 1. The van der Waals surface area contributed by atoms with Crippen LogP contribution in [0.2, 0.25) is 0 Å². The Balaban J connectivity index is 2.09. The molecule has 0 radical (unpaired) electrons. The lowest BCUT2D eigenvalue weighted by Crippen LogP contribution is -2.57. The van der Waals surface area contributed by atoms with Crippen LogP contribution in [-0.4, -0.2) is 40.2 Å². The minimum Gasteiger partial charge on any atom is -0.444 e. The van der Waals surface area contributed by atoms with Crippen LogP contribution < -0.4 is 5.32 Å². The Hall–Kier alpha value is -0.840. The van der Waals surface area contributed by atoms with E-state index in [1.807, 2.05) is 25.7 Å². The molecule has 90 valence electrons. The van der Waals surface area contributed by atoms with Crippen LogP contribution in [0.1, 0.15) is 33.6 Å². The summed E-state index contributed by atoms with van der Waals surface area (Å²) in [7, 11) is 0. The van der Waals surface area contributed by atoms with E-state index in [4.69, 9.17) is 17.0 Å². The number of piperazine rings is 1. The van der Waals surface area contributed by atoms with Gasteiger partial charge in [0.05, 0.1) is 17.1 Å². The van der Waals surface area contributed by atoms with Crippen LogP contribution in [-0.2, 0) is 4.74 Å². The number of amides is 1. The average Bonchev–Trinajstić information content (AvgIpc) is 2.46. The highest BCUT2D eigenvalue weighted by molar-refractivity contribution is 7.80. The first-order valence-electron chi connectivity index (χ1n) is 5.67. The quantitative estimate of drug-likeness (QED) is 0.656. The zero-order valence-corrected chi connectivity index (χ0v) is 10.8. The second-order valence-corrected chi connectivity index (χ2v) is 5.82. The van der Waals surface area contributed by atoms with E-state index in [2.05, 4.69) is 5.32 Å². The first-order valence-corrected chi connectivity index (χ1v) is 6.08. The molecular weight excluding hydrogens is 224 g/mol. The van der Waals surface area contributed by atoms with Crippen LogP contribution in [0.15, 0.2) is 0 Å². The van der Waals surface area contributed by atoms with Gasteiger partial charge in [-0.15, -0.1) is 0 Å². The normalized spacial score (nSPS) is 28.9. The number of hydrogen-bond donors (Lipinski definition) is 1. The molecule has 2 aliphatic heterocycles. The van der Waals surface area contributed by atoms with Gasteiger partial charge in [0.2, 0.25) is 0 Å². The molecule has 0 aromatic rings. The molecule has 1 amide bonds. The van der Waals surface area contributed by atoms with Crippen molar-refractivity contribution in [3.8, 4) is 0 Å². The SMILES string of the molecule is CC(C)(C)OC(=O)N1[C@H]2CC[C@@H]1C(=S)NC2. The van der Waals surface area contributed by atoms with Crippen LogP contribution in [0.3, 0.4) is 0 Å². The van der Waals surface area contributed by atoms with Crippen molar-refractivity contribution in [3.63, 3.8) is 0 Å². The third-order valence-electron chi connectivity index (χ3n) is 2.92. The molecule has 0 aliphatic carbocycles. The van der Waals surface area contributed by atoms with Gasteiger partial charge in [0.15, 0.2) is 0 Å². The number of carbonyl (C=O) groups excluding carboxylic acids is 1. The summed E-state index contributed by atoms with van der Waals surface area (Å²) in [5.41, 5.74) is -0.441. The largest absolute Gasteiger partial charge is 0.444 e. The summed E-state index contributed by atoms with van der Waals surface area (Å²) in [4.78, 5) is 14.6. The summed E-state index contributed by atoms with van der Waals surface area (Å²) < 4.78 is 5.41. The Morgan fingerprint density at radius 2 is 2.19 bits per heavy atom. The summed E-state index contributed by atoms with van der Waals surface area (Å²) >= 11 is 5.23. The fraction of sp³-hybridized carbons (Fsp3) is 0.818. The van der Waals surface area contributed by atoms with Crippen LogP contribution >= 0.6 is 12.2 Å². The number of fused-ring (bicyclic) bond motifs is 2. The molecule has 2 atom stereocenters. The Labute approximate surface area is 101 Å². The van der Waals surface area contributed by atoms with E-state index in [0.29, 0.717) is 0 Å². The Morgan fingerprint density at radius 3 is 2.81 bits per heavy atom. The van der Waals surface area contributed by atoms with Crippen molar-refractivity contribution in [1.29, 1.82) is 0 Å². The molecule has 16 heavy (non-hydrogen) atoms. The molecule has 2 heterocycles. The molecule has 0 aromatic carbocycles. The lowest BCUT2D eigenvalue weighted by molar-refractivity contribution is 0.0177. The number of nitrogens with zero attached hydrogens (tertiary/aromatic N) is 1. The molecule has 0 unspecified atom stereocenters. The van der Waals surface area contributed by atoms with Crippen molar-refractivity contribution in [3.05, 3.63) is 0 Å². The summed E-state index contributed by atoms with van der Waals surface area (Å²) in [6.45, 7) is 6.41. The zero-order chi connectivity index (χ0) is 11.9. The Bertz CT molecular complexity index is 324. The molecule has 5 heteroatoms. The Morgan fingerprint density at radius 1 is 1.50 bits per heavy atom. The van der Waals surface area contributed by atoms with Gasteiger partial charge in [-0.1, -0.05) is 12.2 Å². The van der Waals surface area contributed by atoms with Gasteiger partial charge in [0, 0.05) is 6.54 Å². The minimum absolute atomic E-state index is 0.0450. The van der Waals surface area contributed by atoms with Gasteiger partial charge < -0.3 is 10.1 Å². The molecule has 2 fully saturated rings. The predicted octanol–water partition coefficient (Wildman–Crippen LogP) is 1.69. The molecule has 2 aliphatic rings. The summed E-state index contributed by atoms with van der Waals surface area (Å²) in [5.74, 6) is 0. The van der Waals surface area contributed by atoms with E-state index in [-0.39, 0.29) is 18.2 Å². The van der Waals surface area contributed by atoms with Crippen LogP contribution in [0.4, 0.5) is 4.79 Å². The van der Waals surface area contributed by atoms with Crippen molar-refractivity contribution < 1.29 is 9.53 Å². The van der Waals surface area contributed by atoms with Gasteiger partial charge in [-0.25, -0.2) is 4.79 Å². The van der Waals surface area contributed by atoms with Crippen LogP contribution in [0, 0.1) is 0 Å². The van der Waals surface area contributed by atoms with E-state index >= 15 is 0 Å². The Kier molecular flexibility index (Phi) is 2.82. The molecule has 1 N–H and O–H groups in total. The lowest BCUT2D eigenvalue weighted by atomic mass is 10.2. The van der Waals surface area contributed by atoms with Gasteiger partial charge >= 0.3 is 6.09 Å². The zero-order valence-electron chi connectivity index (χ0n) is 9.95. The number of rotatable bonds is 0. The molecule has 0 saturated carbocycles. The van der Waals surface area contributed by atoms with E-state index in [0.717, 1.165) is 24.4 Å². The highest BCUT2D eigenvalue weighted by atomic mass is 32.1. The molecule has 0 aromatic heterocycles. The molecule has 2 rings (SSSR count). The molecular formula is C11H18N2O2S. The van der Waals surface area contributed by atoms with Gasteiger partial charge in [0.1, 0.15) is 5.60 Å². The first kappa shape index (κ1) is 11.6. The number of hydrogen-bond acceptors (Lipinski definition) is 3. The number of ether oxygens (including phenoxy) is 1. The standard InChI is InChI=1S/C11H18N2O2S/c1-11(2,3)15-10(14)13-7-4-5-8(13)9(16)12-6-7/h7-8H,4-6H2,1-3H3,(H,12,16)/t7-,8+/m0/s1. The molecule has 0 spiro atoms. The fourth-order valence-electron chi connectivity index (χ4n) is 2.27. The molecule has 2 bridgehead atoms. The van der Waals surface area contributed by atoms with Gasteiger partial charge in [0.25, 0.3) is 0 Å². The van der Waals surface area contributed by atoms with E-state index < -0.39 is 5.60 Å². The van der Waals surface area contributed by atoms with Crippen molar-refractivity contribution >= 4 is 23.3 Å². The minimum atomic E-state index is -0.441. The molecule has 2 saturated heterocycles. The number of nitrogens with one attached hydrogen (secondary N) is 1. The van der Waals surface area contributed by atoms with Crippen LogP contribution in [0.25, 0.3) is 0 Å². The van der Waals surface area contributed by atoms with Crippen LogP contribution in [0.5, 0.6) is 0 Å². The second kappa shape index (κ2) is 3.87. The number of carbonyl (C=O) groups is 1. The predicted molar refractivity (Wildman–Crippen MR) is 65.5 cm³/mol. The fourth-order valence-corrected chi connectivity index (χ4v) is 2.58. The molecule has 4 nitrogen and oxygen atoms in total. The summed E-state index contributed by atoms with van der Waals surface area (Å²) in [5, 5.41) is 3.17.